The van der Waals surface area contributed by atoms with Gasteiger partial charge in [0.15, 0.2) is 11.6 Å². The molecular formula is C32H23BrN2O3S. The molecule has 0 bridgehead atoms. The smallest absolute Gasteiger partial charge is 0.238 e. The lowest BCUT2D eigenvalue weighted by Crippen LogP contribution is -2.51. The fraction of sp³-hybridized carbons (Fsp3) is 0.156. The first kappa shape index (κ1) is 24.2. The van der Waals surface area contributed by atoms with Crippen molar-refractivity contribution in [1.82, 2.24) is 0 Å². The Morgan fingerprint density at radius 1 is 0.923 bits per heavy atom. The fourth-order valence-electron chi connectivity index (χ4n) is 6.75. The van der Waals surface area contributed by atoms with E-state index in [2.05, 4.69) is 27.3 Å². The van der Waals surface area contributed by atoms with Crippen molar-refractivity contribution in [1.29, 1.82) is 0 Å². The average Bonchev–Trinajstić information content (AvgIpc) is 3.66. The topological polar surface area (TPSA) is 66.5 Å². The van der Waals surface area contributed by atoms with Gasteiger partial charge in [-0.15, -0.1) is 11.3 Å². The summed E-state index contributed by atoms with van der Waals surface area (Å²) in [5, 5.41) is 4.95. The van der Waals surface area contributed by atoms with Gasteiger partial charge in [0, 0.05) is 27.0 Å². The predicted molar refractivity (Wildman–Crippen MR) is 158 cm³/mol. The number of ketones is 2. The molecule has 4 atom stereocenters. The van der Waals surface area contributed by atoms with Crippen molar-refractivity contribution in [3.8, 4) is 0 Å². The second-order valence-corrected chi connectivity index (χ2v) is 12.1. The fourth-order valence-corrected chi connectivity index (χ4v) is 7.71. The Hall–Kier alpha value is -3.81. The standard InChI is InChI=1S/C32H23BrN2O3S/c1-18-17-26-32(22-8-3-4-9-23(22)34-31(32)38)27(29(36)19-12-14-20(33)15-13-19)28(30(37)25-11-6-16-39-25)35(26)24-10-5-2-7-21(18)24/h2-17,26-28H,1H3,(H,34,38)/t26-,27-,28+,32-/m0/s1. The van der Waals surface area contributed by atoms with Crippen LogP contribution in [-0.4, -0.2) is 29.6 Å². The number of Topliss-reactive ketones (excluding diaryl/α,β-unsaturated/α-hetero) is 2. The summed E-state index contributed by atoms with van der Waals surface area (Å²) in [6.45, 7) is 2.03. The third kappa shape index (κ3) is 3.33. The molecular weight excluding hydrogens is 572 g/mol. The van der Waals surface area contributed by atoms with Crippen LogP contribution in [0.15, 0.2) is 101 Å². The van der Waals surface area contributed by atoms with Gasteiger partial charge in [-0.1, -0.05) is 76.6 Å². The van der Waals surface area contributed by atoms with Crippen molar-refractivity contribution < 1.29 is 14.4 Å². The first-order valence-corrected chi connectivity index (χ1v) is 14.4. The van der Waals surface area contributed by atoms with Gasteiger partial charge in [0.1, 0.15) is 11.5 Å². The SMILES string of the molecule is CC1=C[C@@H]2N(c3ccccc31)[C@@H](C(=O)c1cccs1)[C@@H](C(=O)c1ccc(Br)cc1)[C@@]21C(=O)Nc2ccccc21. The van der Waals surface area contributed by atoms with E-state index in [0.717, 1.165) is 26.9 Å². The zero-order chi connectivity index (χ0) is 26.9. The number of nitrogens with one attached hydrogen (secondary N) is 1. The number of carbonyl (C=O) groups excluding carboxylic acids is 3. The van der Waals surface area contributed by atoms with Crippen LogP contribution in [0.2, 0.25) is 0 Å². The monoisotopic (exact) mass is 594 g/mol. The van der Waals surface area contributed by atoms with Crippen LogP contribution < -0.4 is 10.2 Å². The molecule has 4 aromatic rings. The number of carbonyl (C=O) groups is 3. The summed E-state index contributed by atoms with van der Waals surface area (Å²) in [7, 11) is 0. The molecule has 4 heterocycles. The molecule has 0 radical (unpaired) electrons. The van der Waals surface area contributed by atoms with Crippen LogP contribution in [0.25, 0.3) is 5.57 Å². The van der Waals surface area contributed by atoms with Gasteiger partial charge in [-0.2, -0.15) is 0 Å². The van der Waals surface area contributed by atoms with Crippen molar-refractivity contribution in [3.63, 3.8) is 0 Å². The van der Waals surface area contributed by atoms with E-state index >= 15 is 0 Å². The summed E-state index contributed by atoms with van der Waals surface area (Å²) in [5.74, 6) is -1.58. The minimum Gasteiger partial charge on any atom is -0.352 e. The normalized spacial score (nSPS) is 24.6. The average molecular weight is 596 g/mol. The summed E-state index contributed by atoms with van der Waals surface area (Å²) in [6, 6.07) is 24.9. The highest BCUT2D eigenvalue weighted by Crippen LogP contribution is 2.58. The maximum atomic E-state index is 14.7. The summed E-state index contributed by atoms with van der Waals surface area (Å²) in [4.78, 5) is 46.1. The van der Waals surface area contributed by atoms with Crippen molar-refractivity contribution in [3.05, 3.63) is 122 Å². The molecule has 192 valence electrons. The number of anilines is 2. The number of benzene rings is 3. The molecule has 1 fully saturated rings. The second kappa shape index (κ2) is 8.86. The van der Waals surface area contributed by atoms with Crippen molar-refractivity contribution in [2.24, 2.45) is 5.92 Å². The number of amides is 1. The third-order valence-corrected chi connectivity index (χ3v) is 9.74. The van der Waals surface area contributed by atoms with Gasteiger partial charge >= 0.3 is 0 Å². The Bertz CT molecular complexity index is 1690. The molecule has 0 aliphatic carbocycles. The van der Waals surface area contributed by atoms with E-state index in [9.17, 15) is 14.4 Å². The Kier molecular flexibility index (Phi) is 5.51. The highest BCUT2D eigenvalue weighted by atomic mass is 79.9. The van der Waals surface area contributed by atoms with Gasteiger partial charge in [0.05, 0.1) is 16.8 Å². The van der Waals surface area contributed by atoms with Gasteiger partial charge in [-0.3, -0.25) is 14.4 Å². The predicted octanol–water partition coefficient (Wildman–Crippen LogP) is 6.76. The van der Waals surface area contributed by atoms with Crippen LogP contribution in [0, 0.1) is 5.92 Å². The van der Waals surface area contributed by atoms with Crippen molar-refractivity contribution >= 4 is 61.7 Å². The lowest BCUT2D eigenvalue weighted by molar-refractivity contribution is -0.121. The number of para-hydroxylation sites is 2. The number of hydrogen-bond donors (Lipinski definition) is 1. The number of hydrogen-bond acceptors (Lipinski definition) is 5. The third-order valence-electron chi connectivity index (χ3n) is 8.33. The number of halogens is 1. The zero-order valence-corrected chi connectivity index (χ0v) is 23.3. The Labute approximate surface area is 238 Å². The molecule has 1 spiro atoms. The lowest BCUT2D eigenvalue weighted by Gasteiger charge is -2.39. The first-order chi connectivity index (χ1) is 18.9. The maximum absolute atomic E-state index is 14.7. The van der Waals surface area contributed by atoms with Gasteiger partial charge < -0.3 is 10.2 Å². The minimum absolute atomic E-state index is 0.151. The van der Waals surface area contributed by atoms with E-state index in [1.165, 1.54) is 11.3 Å². The summed E-state index contributed by atoms with van der Waals surface area (Å²) >= 11 is 4.82. The van der Waals surface area contributed by atoms with Crippen LogP contribution in [0.3, 0.4) is 0 Å². The van der Waals surface area contributed by atoms with Gasteiger partial charge in [0.2, 0.25) is 5.91 Å². The molecule has 3 aromatic carbocycles. The molecule has 7 heteroatoms. The summed E-state index contributed by atoms with van der Waals surface area (Å²) in [5.41, 5.74) is 3.49. The number of fused-ring (bicyclic) bond motifs is 6. The molecule has 3 aliphatic rings. The van der Waals surface area contributed by atoms with E-state index in [-0.39, 0.29) is 17.5 Å². The van der Waals surface area contributed by atoms with E-state index in [1.54, 1.807) is 18.2 Å². The quantitative estimate of drug-likeness (QED) is 0.265. The van der Waals surface area contributed by atoms with Gasteiger partial charge in [0.25, 0.3) is 0 Å². The zero-order valence-electron chi connectivity index (χ0n) is 20.9. The highest BCUT2D eigenvalue weighted by Gasteiger charge is 2.70. The van der Waals surface area contributed by atoms with Crippen LogP contribution in [0.4, 0.5) is 11.4 Å². The summed E-state index contributed by atoms with van der Waals surface area (Å²) in [6.07, 6.45) is 2.08. The molecule has 1 amide bonds. The molecule has 39 heavy (non-hydrogen) atoms. The number of thiophene rings is 1. The van der Waals surface area contributed by atoms with E-state index in [4.69, 9.17) is 0 Å². The Morgan fingerprint density at radius 2 is 1.67 bits per heavy atom. The molecule has 3 aliphatic heterocycles. The van der Waals surface area contributed by atoms with Crippen LogP contribution >= 0.6 is 27.3 Å². The van der Waals surface area contributed by atoms with Crippen molar-refractivity contribution in [2.45, 2.75) is 24.4 Å². The molecule has 0 saturated carbocycles. The van der Waals surface area contributed by atoms with Gasteiger partial charge in [-0.05, 0) is 53.8 Å². The lowest BCUT2D eigenvalue weighted by atomic mass is 9.64. The Balaban J connectivity index is 1.56. The second-order valence-electron chi connectivity index (χ2n) is 10.2. The van der Waals surface area contributed by atoms with Crippen LogP contribution in [0.1, 0.15) is 38.1 Å². The highest BCUT2D eigenvalue weighted by molar-refractivity contribution is 9.10. The minimum atomic E-state index is -1.30. The number of rotatable bonds is 4. The number of nitrogens with zero attached hydrogens (tertiary/aromatic N) is 1. The molecule has 0 unspecified atom stereocenters. The van der Waals surface area contributed by atoms with E-state index in [0.29, 0.717) is 16.1 Å². The molecule has 1 aromatic heterocycles. The molecule has 1 N–H and O–H groups in total. The van der Waals surface area contributed by atoms with Crippen LogP contribution in [0.5, 0.6) is 0 Å². The molecule has 7 rings (SSSR count). The van der Waals surface area contributed by atoms with Crippen molar-refractivity contribution in [2.75, 3.05) is 10.2 Å². The number of allylic oxidation sites excluding steroid dienone is 1. The van der Waals surface area contributed by atoms with Crippen LogP contribution in [-0.2, 0) is 10.2 Å². The Morgan fingerprint density at radius 3 is 2.44 bits per heavy atom. The van der Waals surface area contributed by atoms with E-state index < -0.39 is 23.4 Å². The molecule has 5 nitrogen and oxygen atoms in total. The molecule has 1 saturated heterocycles. The maximum Gasteiger partial charge on any atom is 0.238 e. The summed E-state index contributed by atoms with van der Waals surface area (Å²) < 4.78 is 0.847. The largest absolute Gasteiger partial charge is 0.352 e. The first-order valence-electron chi connectivity index (χ1n) is 12.8. The van der Waals surface area contributed by atoms with E-state index in [1.807, 2.05) is 83.9 Å². The van der Waals surface area contributed by atoms with Gasteiger partial charge in [-0.25, -0.2) is 0 Å².